The summed E-state index contributed by atoms with van der Waals surface area (Å²) in [4.78, 5) is 15.5. The van der Waals surface area contributed by atoms with Gasteiger partial charge >= 0.3 is 0 Å². The Bertz CT molecular complexity index is 1110. The first-order valence-corrected chi connectivity index (χ1v) is 11.5. The van der Waals surface area contributed by atoms with Gasteiger partial charge in [-0.2, -0.15) is 0 Å². The maximum atomic E-state index is 12.6. The molecule has 0 aliphatic rings. The number of nitrogens with zero attached hydrogens (tertiary/aromatic N) is 4. The summed E-state index contributed by atoms with van der Waals surface area (Å²) < 4.78 is 1.97. The molecule has 0 fully saturated rings. The maximum Gasteiger partial charge on any atom is 0.233 e. The molecule has 0 spiro atoms. The number of carbonyl (C=O) groups excluding carboxylic acids is 1. The van der Waals surface area contributed by atoms with Gasteiger partial charge in [-0.15, -0.1) is 21.5 Å². The Kier molecular flexibility index (Phi) is 6.52. The Morgan fingerprint density at radius 1 is 1.07 bits per heavy atom. The zero-order valence-corrected chi connectivity index (χ0v) is 18.6. The summed E-state index contributed by atoms with van der Waals surface area (Å²) in [6.07, 6.45) is 0. The van der Waals surface area contributed by atoms with E-state index in [4.69, 9.17) is 11.6 Å². The number of amides is 1. The maximum absolute atomic E-state index is 12.6. The third-order valence-corrected chi connectivity index (χ3v) is 6.50. The minimum Gasteiger partial charge on any atom is -0.340 e. The van der Waals surface area contributed by atoms with Crippen LogP contribution >= 0.6 is 34.7 Å². The van der Waals surface area contributed by atoms with Crippen molar-refractivity contribution < 1.29 is 4.79 Å². The molecule has 0 aliphatic heterocycles. The first-order chi connectivity index (χ1) is 14.6. The van der Waals surface area contributed by atoms with Gasteiger partial charge in [0.1, 0.15) is 0 Å². The molecule has 4 aromatic rings. The van der Waals surface area contributed by atoms with Crippen LogP contribution in [0.15, 0.2) is 77.3 Å². The number of carbonyl (C=O) groups is 1. The lowest BCUT2D eigenvalue weighted by Gasteiger charge is -2.16. The van der Waals surface area contributed by atoms with Crippen molar-refractivity contribution in [2.75, 3.05) is 12.8 Å². The Labute approximate surface area is 188 Å². The van der Waals surface area contributed by atoms with E-state index in [1.54, 1.807) is 16.2 Å². The number of aromatic nitrogens is 3. The zero-order valence-electron chi connectivity index (χ0n) is 16.2. The molecule has 0 radical (unpaired) electrons. The standard InChI is InChI=1S/C22H19ClN4OS2/c1-26(14-19-8-5-13-29-19)20(28)15-30-22-25-24-21(16-9-11-17(23)12-10-16)27(22)18-6-3-2-4-7-18/h2-13H,14-15H2,1H3. The fourth-order valence-corrected chi connectivity index (χ4v) is 4.70. The SMILES string of the molecule is CN(Cc1cccs1)C(=O)CSc1nnc(-c2ccc(Cl)cc2)n1-c1ccccc1. The molecule has 8 heteroatoms. The summed E-state index contributed by atoms with van der Waals surface area (Å²) in [5.74, 6) is 1.04. The molecule has 2 heterocycles. The molecule has 0 bridgehead atoms. The van der Waals surface area contributed by atoms with Gasteiger partial charge in [0.15, 0.2) is 11.0 Å². The van der Waals surface area contributed by atoms with Crippen molar-refractivity contribution in [3.63, 3.8) is 0 Å². The summed E-state index contributed by atoms with van der Waals surface area (Å²) in [6.45, 7) is 0.610. The second kappa shape index (κ2) is 9.47. The lowest BCUT2D eigenvalue weighted by atomic mass is 10.2. The molecular formula is C22H19ClN4OS2. The van der Waals surface area contributed by atoms with Crippen molar-refractivity contribution in [1.82, 2.24) is 19.7 Å². The highest BCUT2D eigenvalue weighted by Crippen LogP contribution is 2.29. The van der Waals surface area contributed by atoms with Crippen LogP contribution in [0, 0.1) is 0 Å². The van der Waals surface area contributed by atoms with Gasteiger partial charge in [0.25, 0.3) is 0 Å². The Hall–Kier alpha value is -2.61. The van der Waals surface area contributed by atoms with E-state index in [1.165, 1.54) is 11.8 Å². The van der Waals surface area contributed by atoms with E-state index in [0.717, 1.165) is 16.1 Å². The lowest BCUT2D eigenvalue weighted by molar-refractivity contribution is -0.127. The van der Waals surface area contributed by atoms with Crippen molar-refractivity contribution in [1.29, 1.82) is 0 Å². The van der Waals surface area contributed by atoms with Gasteiger partial charge in [0.2, 0.25) is 5.91 Å². The minimum atomic E-state index is 0.0454. The van der Waals surface area contributed by atoms with Crippen molar-refractivity contribution in [3.05, 3.63) is 82.0 Å². The fourth-order valence-electron chi connectivity index (χ4n) is 2.92. The van der Waals surface area contributed by atoms with Gasteiger partial charge in [-0.25, -0.2) is 0 Å². The average Bonchev–Trinajstić information content (AvgIpc) is 3.43. The van der Waals surface area contributed by atoms with Gasteiger partial charge in [-0.1, -0.05) is 47.6 Å². The number of halogens is 1. The van der Waals surface area contributed by atoms with Crippen LogP contribution in [-0.4, -0.2) is 38.4 Å². The predicted octanol–water partition coefficient (Wildman–Crippen LogP) is 5.40. The van der Waals surface area contributed by atoms with E-state index >= 15 is 0 Å². The number of benzene rings is 2. The molecule has 152 valence electrons. The van der Waals surface area contributed by atoms with Gasteiger partial charge in [0.05, 0.1) is 12.3 Å². The quantitative estimate of drug-likeness (QED) is 0.351. The van der Waals surface area contributed by atoms with Crippen LogP contribution in [-0.2, 0) is 11.3 Å². The molecule has 5 nitrogen and oxygen atoms in total. The third kappa shape index (κ3) is 4.75. The van der Waals surface area contributed by atoms with Gasteiger partial charge < -0.3 is 4.90 Å². The minimum absolute atomic E-state index is 0.0454. The number of para-hydroxylation sites is 1. The summed E-state index contributed by atoms with van der Waals surface area (Å²) in [5.41, 5.74) is 1.85. The van der Waals surface area contributed by atoms with E-state index in [-0.39, 0.29) is 11.7 Å². The first kappa shape index (κ1) is 20.7. The lowest BCUT2D eigenvalue weighted by Crippen LogP contribution is -2.27. The molecule has 0 unspecified atom stereocenters. The van der Waals surface area contributed by atoms with Crippen LogP contribution in [0.3, 0.4) is 0 Å². The molecule has 30 heavy (non-hydrogen) atoms. The number of rotatable bonds is 7. The molecular weight excluding hydrogens is 436 g/mol. The molecule has 0 aliphatic carbocycles. The molecule has 0 atom stereocenters. The summed E-state index contributed by atoms with van der Waals surface area (Å²) in [5, 5.41) is 12.1. The summed E-state index contributed by atoms with van der Waals surface area (Å²) in [6, 6.07) is 21.4. The number of thioether (sulfide) groups is 1. The number of hydrogen-bond acceptors (Lipinski definition) is 5. The monoisotopic (exact) mass is 454 g/mol. The average molecular weight is 455 g/mol. The molecule has 2 aromatic heterocycles. The predicted molar refractivity (Wildman–Crippen MR) is 123 cm³/mol. The second-order valence-corrected chi connectivity index (χ2v) is 9.01. The second-order valence-electron chi connectivity index (χ2n) is 6.60. The molecule has 4 rings (SSSR count). The highest BCUT2D eigenvalue weighted by atomic mass is 35.5. The van der Waals surface area contributed by atoms with E-state index < -0.39 is 0 Å². The largest absolute Gasteiger partial charge is 0.340 e. The van der Waals surface area contributed by atoms with Crippen LogP contribution in [0.4, 0.5) is 0 Å². The van der Waals surface area contributed by atoms with Crippen LogP contribution in [0.5, 0.6) is 0 Å². The Balaban J connectivity index is 1.57. The van der Waals surface area contributed by atoms with Crippen molar-refractivity contribution in [3.8, 4) is 17.1 Å². The smallest absolute Gasteiger partial charge is 0.233 e. The number of hydrogen-bond donors (Lipinski definition) is 0. The summed E-state index contributed by atoms with van der Waals surface area (Å²) in [7, 11) is 1.82. The third-order valence-electron chi connectivity index (χ3n) is 4.47. The van der Waals surface area contributed by atoms with E-state index in [9.17, 15) is 4.79 Å². The van der Waals surface area contributed by atoms with Crippen LogP contribution in [0.2, 0.25) is 5.02 Å². The van der Waals surface area contributed by atoms with Gasteiger partial charge in [-0.05, 0) is 47.8 Å². The zero-order chi connectivity index (χ0) is 20.9. The van der Waals surface area contributed by atoms with Crippen molar-refractivity contribution in [2.24, 2.45) is 0 Å². The number of thiophene rings is 1. The Morgan fingerprint density at radius 3 is 2.53 bits per heavy atom. The topological polar surface area (TPSA) is 51.0 Å². The van der Waals surface area contributed by atoms with E-state index in [0.29, 0.717) is 22.5 Å². The molecule has 1 amide bonds. The Morgan fingerprint density at radius 2 is 1.83 bits per heavy atom. The first-order valence-electron chi connectivity index (χ1n) is 9.28. The molecule has 2 aromatic carbocycles. The van der Waals surface area contributed by atoms with Crippen LogP contribution in [0.1, 0.15) is 4.88 Å². The normalized spacial score (nSPS) is 10.9. The fraction of sp³-hybridized carbons (Fsp3) is 0.136. The highest BCUT2D eigenvalue weighted by Gasteiger charge is 2.18. The van der Waals surface area contributed by atoms with Crippen LogP contribution < -0.4 is 0 Å². The van der Waals surface area contributed by atoms with Crippen molar-refractivity contribution >= 4 is 40.6 Å². The summed E-state index contributed by atoms with van der Waals surface area (Å²) >= 11 is 9.07. The van der Waals surface area contributed by atoms with E-state index in [2.05, 4.69) is 10.2 Å². The van der Waals surface area contributed by atoms with Crippen LogP contribution in [0.25, 0.3) is 17.1 Å². The van der Waals surface area contributed by atoms with Crippen molar-refractivity contribution in [2.45, 2.75) is 11.7 Å². The highest BCUT2D eigenvalue weighted by molar-refractivity contribution is 7.99. The van der Waals surface area contributed by atoms with Gasteiger partial charge in [-0.3, -0.25) is 9.36 Å². The van der Waals surface area contributed by atoms with E-state index in [1.807, 2.05) is 83.7 Å². The molecule has 0 saturated heterocycles. The molecule has 0 saturated carbocycles. The molecule has 0 N–H and O–H groups in total. The van der Waals surface area contributed by atoms with Gasteiger partial charge in [0, 0.05) is 28.2 Å².